The second-order valence-corrected chi connectivity index (χ2v) is 6.29. The van der Waals surface area contributed by atoms with Gasteiger partial charge in [0.15, 0.2) is 0 Å². The highest BCUT2D eigenvalue weighted by molar-refractivity contribution is 5.33. The third kappa shape index (κ3) is 4.69. The van der Waals surface area contributed by atoms with Gasteiger partial charge < -0.3 is 9.64 Å². The zero-order chi connectivity index (χ0) is 15.9. The molecule has 22 heavy (non-hydrogen) atoms. The Balaban J connectivity index is 2.19. The highest BCUT2D eigenvalue weighted by atomic mass is 16.5. The van der Waals surface area contributed by atoms with Crippen LogP contribution in [0.5, 0.6) is 0 Å². The van der Waals surface area contributed by atoms with E-state index in [1.807, 2.05) is 6.07 Å². The molecule has 0 aliphatic heterocycles. The fourth-order valence-electron chi connectivity index (χ4n) is 2.42. The highest BCUT2D eigenvalue weighted by Gasteiger charge is 2.15. The topological polar surface area (TPSA) is 12.5 Å². The Morgan fingerprint density at radius 3 is 1.91 bits per heavy atom. The zero-order valence-electron chi connectivity index (χ0n) is 14.1. The molecular formula is C20H27NO. The van der Waals surface area contributed by atoms with E-state index in [0.717, 1.165) is 13.2 Å². The minimum Gasteiger partial charge on any atom is -0.367 e. The minimum absolute atomic E-state index is 0.00219. The van der Waals surface area contributed by atoms with Gasteiger partial charge in [0.2, 0.25) is 0 Å². The summed E-state index contributed by atoms with van der Waals surface area (Å²) in [5.41, 5.74) is 3.79. The summed E-state index contributed by atoms with van der Waals surface area (Å²) in [6, 6.07) is 19.3. The third-order valence-electron chi connectivity index (χ3n) is 3.83. The molecule has 0 fully saturated rings. The summed E-state index contributed by atoms with van der Waals surface area (Å²) in [6.45, 7) is 6.08. The number of rotatable bonds is 7. The van der Waals surface area contributed by atoms with Crippen LogP contribution in [0.15, 0.2) is 54.6 Å². The minimum atomic E-state index is 0.00219. The lowest BCUT2D eigenvalue weighted by Crippen LogP contribution is -2.20. The maximum atomic E-state index is 6.18. The van der Waals surface area contributed by atoms with Crippen molar-refractivity contribution >= 4 is 0 Å². The molecule has 2 heteroatoms. The van der Waals surface area contributed by atoms with Gasteiger partial charge in [-0.05, 0) is 36.7 Å². The molecule has 0 aliphatic carbocycles. The van der Waals surface area contributed by atoms with Crippen LogP contribution in [-0.4, -0.2) is 32.1 Å². The van der Waals surface area contributed by atoms with Gasteiger partial charge in [-0.15, -0.1) is 0 Å². The van der Waals surface area contributed by atoms with E-state index in [-0.39, 0.29) is 6.10 Å². The number of ether oxygens (including phenoxy) is 1. The summed E-state index contributed by atoms with van der Waals surface area (Å²) in [4.78, 5) is 2.14. The first-order valence-electron chi connectivity index (χ1n) is 7.99. The zero-order valence-corrected chi connectivity index (χ0v) is 14.1. The van der Waals surface area contributed by atoms with E-state index < -0.39 is 0 Å². The van der Waals surface area contributed by atoms with Gasteiger partial charge in [-0.3, -0.25) is 0 Å². The molecule has 2 rings (SSSR count). The number of benzene rings is 2. The normalized spacial score (nSPS) is 12.8. The van der Waals surface area contributed by atoms with Crippen molar-refractivity contribution in [3.63, 3.8) is 0 Å². The second kappa shape index (κ2) is 8.11. The predicted molar refractivity (Wildman–Crippen MR) is 93.3 cm³/mol. The molecule has 2 aromatic carbocycles. The molecule has 0 unspecified atom stereocenters. The lowest BCUT2D eigenvalue weighted by molar-refractivity contribution is 0.0687. The van der Waals surface area contributed by atoms with Crippen molar-refractivity contribution in [1.82, 2.24) is 4.90 Å². The Morgan fingerprint density at radius 2 is 1.36 bits per heavy atom. The summed E-state index contributed by atoms with van der Waals surface area (Å²) in [6.07, 6.45) is 0.00219. The lowest BCUT2D eigenvalue weighted by atomic mass is 9.97. The molecule has 0 N–H and O–H groups in total. The Labute approximate surface area is 134 Å². The summed E-state index contributed by atoms with van der Waals surface area (Å²) in [5, 5.41) is 0. The van der Waals surface area contributed by atoms with Crippen molar-refractivity contribution in [3.8, 4) is 0 Å². The van der Waals surface area contributed by atoms with Gasteiger partial charge >= 0.3 is 0 Å². The summed E-state index contributed by atoms with van der Waals surface area (Å²) in [7, 11) is 4.14. The molecule has 0 heterocycles. The Kier molecular flexibility index (Phi) is 6.17. The van der Waals surface area contributed by atoms with Crippen LogP contribution in [0.2, 0.25) is 0 Å². The summed E-state index contributed by atoms with van der Waals surface area (Å²) < 4.78 is 6.18. The number of hydrogen-bond acceptors (Lipinski definition) is 2. The molecule has 2 aromatic rings. The van der Waals surface area contributed by atoms with Crippen LogP contribution in [0.1, 0.15) is 42.6 Å². The van der Waals surface area contributed by atoms with E-state index in [4.69, 9.17) is 4.74 Å². The SMILES string of the molecule is CC(C)c1ccc([C@H](OCCN(C)C)c2ccccc2)cc1. The van der Waals surface area contributed by atoms with Gasteiger partial charge in [0, 0.05) is 6.54 Å². The molecule has 0 amide bonds. The molecule has 0 bridgehead atoms. The van der Waals surface area contributed by atoms with Crippen LogP contribution in [-0.2, 0) is 4.74 Å². The molecule has 0 aromatic heterocycles. The Morgan fingerprint density at radius 1 is 0.818 bits per heavy atom. The molecule has 0 saturated heterocycles. The molecule has 118 valence electrons. The van der Waals surface area contributed by atoms with Crippen molar-refractivity contribution in [1.29, 1.82) is 0 Å². The van der Waals surface area contributed by atoms with Crippen molar-refractivity contribution in [3.05, 3.63) is 71.3 Å². The van der Waals surface area contributed by atoms with Gasteiger partial charge in [0.05, 0.1) is 6.61 Å². The molecular weight excluding hydrogens is 270 g/mol. The van der Waals surface area contributed by atoms with E-state index >= 15 is 0 Å². The van der Waals surface area contributed by atoms with Crippen LogP contribution < -0.4 is 0 Å². The Bertz CT molecular complexity index is 546. The van der Waals surface area contributed by atoms with Crippen molar-refractivity contribution in [2.45, 2.75) is 25.9 Å². The van der Waals surface area contributed by atoms with Gasteiger partial charge in [0.1, 0.15) is 6.10 Å². The fraction of sp³-hybridized carbons (Fsp3) is 0.400. The van der Waals surface area contributed by atoms with E-state index in [9.17, 15) is 0 Å². The fourth-order valence-corrected chi connectivity index (χ4v) is 2.42. The molecule has 0 saturated carbocycles. The summed E-state index contributed by atoms with van der Waals surface area (Å²) in [5.74, 6) is 0.555. The number of hydrogen-bond donors (Lipinski definition) is 0. The lowest BCUT2D eigenvalue weighted by Gasteiger charge is -2.21. The predicted octanol–water partition coefficient (Wildman–Crippen LogP) is 4.48. The molecule has 0 aliphatic rings. The van der Waals surface area contributed by atoms with Crippen molar-refractivity contribution in [2.24, 2.45) is 0 Å². The van der Waals surface area contributed by atoms with Gasteiger partial charge in [-0.1, -0.05) is 68.4 Å². The van der Waals surface area contributed by atoms with Crippen LogP contribution in [0, 0.1) is 0 Å². The van der Waals surface area contributed by atoms with E-state index in [1.54, 1.807) is 0 Å². The van der Waals surface area contributed by atoms with Crippen LogP contribution >= 0.6 is 0 Å². The third-order valence-corrected chi connectivity index (χ3v) is 3.83. The van der Waals surface area contributed by atoms with E-state index in [0.29, 0.717) is 5.92 Å². The van der Waals surface area contributed by atoms with Gasteiger partial charge in [-0.25, -0.2) is 0 Å². The number of likely N-dealkylation sites (N-methyl/N-ethyl adjacent to an activating group) is 1. The molecule has 0 spiro atoms. The van der Waals surface area contributed by atoms with Crippen LogP contribution in [0.25, 0.3) is 0 Å². The monoisotopic (exact) mass is 297 g/mol. The maximum Gasteiger partial charge on any atom is 0.108 e. The first-order valence-corrected chi connectivity index (χ1v) is 7.99. The molecule has 2 nitrogen and oxygen atoms in total. The van der Waals surface area contributed by atoms with Gasteiger partial charge in [0.25, 0.3) is 0 Å². The van der Waals surface area contributed by atoms with E-state index in [1.165, 1.54) is 16.7 Å². The molecule has 0 radical (unpaired) electrons. The standard InChI is InChI=1S/C20H27NO/c1-16(2)17-10-12-19(13-11-17)20(22-15-14-21(3)4)18-8-6-5-7-9-18/h5-13,16,20H,14-15H2,1-4H3/t20-/m1/s1. The van der Waals surface area contributed by atoms with Crippen LogP contribution in [0.4, 0.5) is 0 Å². The quantitative estimate of drug-likeness (QED) is 0.747. The maximum absolute atomic E-state index is 6.18. The van der Waals surface area contributed by atoms with Crippen molar-refractivity contribution < 1.29 is 4.74 Å². The smallest absolute Gasteiger partial charge is 0.108 e. The molecule has 1 atom stereocenters. The first-order chi connectivity index (χ1) is 10.6. The largest absolute Gasteiger partial charge is 0.367 e. The average molecular weight is 297 g/mol. The first kappa shape index (κ1) is 16.7. The average Bonchev–Trinajstić information content (AvgIpc) is 2.52. The van der Waals surface area contributed by atoms with Gasteiger partial charge in [-0.2, -0.15) is 0 Å². The van der Waals surface area contributed by atoms with Crippen molar-refractivity contribution in [2.75, 3.05) is 27.2 Å². The number of nitrogens with zero attached hydrogens (tertiary/aromatic N) is 1. The second-order valence-electron chi connectivity index (χ2n) is 6.29. The highest BCUT2D eigenvalue weighted by Crippen LogP contribution is 2.27. The Hall–Kier alpha value is -1.64. The van der Waals surface area contributed by atoms with E-state index in [2.05, 4.69) is 81.4 Å². The summed E-state index contributed by atoms with van der Waals surface area (Å²) >= 11 is 0. The van der Waals surface area contributed by atoms with Crippen LogP contribution in [0.3, 0.4) is 0 Å².